The number of hydrogen-bond donors (Lipinski definition) is 1. The molecular weight excluding hydrogens is 346 g/mol. The highest BCUT2D eigenvalue weighted by Crippen LogP contribution is 2.21. The lowest BCUT2D eigenvalue weighted by Gasteiger charge is -2.40. The molecule has 0 saturated carbocycles. The molecule has 3 heterocycles. The van der Waals surface area contributed by atoms with Crippen LogP contribution in [0, 0.1) is 5.92 Å². The second-order valence-corrected chi connectivity index (χ2v) is 10.2. The van der Waals surface area contributed by atoms with E-state index in [4.69, 9.17) is 0 Å². The lowest BCUT2D eigenvalue weighted by atomic mass is 9.94. The van der Waals surface area contributed by atoms with Crippen molar-refractivity contribution in [3.05, 3.63) is 0 Å². The van der Waals surface area contributed by atoms with Gasteiger partial charge < -0.3 is 15.1 Å². The van der Waals surface area contributed by atoms with Crippen LogP contribution in [0.1, 0.15) is 53.4 Å². The summed E-state index contributed by atoms with van der Waals surface area (Å²) < 4.78 is 0. The largest absolute Gasteiger partial charge is 0.312 e. The maximum absolute atomic E-state index is 3.72. The van der Waals surface area contributed by atoms with E-state index in [9.17, 15) is 0 Å². The van der Waals surface area contributed by atoms with Crippen LogP contribution >= 0.6 is 0 Å². The third-order valence-electron chi connectivity index (χ3n) is 7.25. The van der Waals surface area contributed by atoms with Gasteiger partial charge in [-0.1, -0.05) is 13.8 Å². The monoisotopic (exact) mass is 393 g/mol. The second kappa shape index (κ2) is 11.3. The molecule has 28 heavy (non-hydrogen) atoms. The molecule has 0 aromatic carbocycles. The molecule has 3 fully saturated rings. The van der Waals surface area contributed by atoms with Crippen molar-refractivity contribution in [2.24, 2.45) is 5.92 Å². The molecule has 3 aliphatic heterocycles. The van der Waals surface area contributed by atoms with Gasteiger partial charge in [-0.3, -0.25) is 9.80 Å². The summed E-state index contributed by atoms with van der Waals surface area (Å²) in [7, 11) is 0. The number of likely N-dealkylation sites (tertiary alicyclic amines) is 2. The Morgan fingerprint density at radius 1 is 0.679 bits per heavy atom. The van der Waals surface area contributed by atoms with Crippen molar-refractivity contribution in [2.45, 2.75) is 71.5 Å². The van der Waals surface area contributed by atoms with E-state index < -0.39 is 0 Å². The summed E-state index contributed by atoms with van der Waals surface area (Å²) in [6, 6.07) is 2.08. The van der Waals surface area contributed by atoms with E-state index in [1.807, 2.05) is 0 Å². The predicted molar refractivity (Wildman–Crippen MR) is 120 cm³/mol. The van der Waals surface area contributed by atoms with E-state index in [2.05, 4.69) is 52.6 Å². The molecule has 0 radical (unpaired) electrons. The fourth-order valence-electron chi connectivity index (χ4n) is 5.30. The summed E-state index contributed by atoms with van der Waals surface area (Å²) in [4.78, 5) is 10.8. The van der Waals surface area contributed by atoms with Crippen molar-refractivity contribution in [2.75, 3.05) is 72.0 Å². The van der Waals surface area contributed by atoms with Gasteiger partial charge in [-0.05, 0) is 71.6 Å². The van der Waals surface area contributed by atoms with Crippen LogP contribution in [0.15, 0.2) is 0 Å². The fraction of sp³-hybridized carbons (Fsp3) is 1.00. The number of hydrogen-bond acceptors (Lipinski definition) is 5. The number of nitrogens with zero attached hydrogens (tertiary/aromatic N) is 4. The molecule has 3 rings (SSSR count). The number of nitrogens with one attached hydrogen (secondary N) is 1. The number of rotatable bonds is 8. The number of piperazine rings is 1. The van der Waals surface area contributed by atoms with Gasteiger partial charge in [-0.2, -0.15) is 0 Å². The van der Waals surface area contributed by atoms with Gasteiger partial charge in [-0.15, -0.1) is 0 Å². The Morgan fingerprint density at radius 2 is 1.21 bits per heavy atom. The topological polar surface area (TPSA) is 25.0 Å². The zero-order valence-electron chi connectivity index (χ0n) is 19.2. The highest BCUT2D eigenvalue weighted by molar-refractivity contribution is 4.82. The van der Waals surface area contributed by atoms with Crippen LogP contribution in [-0.4, -0.2) is 110 Å². The van der Waals surface area contributed by atoms with Gasteiger partial charge in [0, 0.05) is 63.9 Å². The molecule has 0 bridgehead atoms. The van der Waals surface area contributed by atoms with Gasteiger partial charge in [-0.25, -0.2) is 0 Å². The Morgan fingerprint density at radius 3 is 1.75 bits per heavy atom. The van der Waals surface area contributed by atoms with Gasteiger partial charge in [0.15, 0.2) is 0 Å². The standard InChI is InChI=1S/C23H47N5/c1-20(2)24-23-7-11-27(12-8-23)19-22-5-9-25(10-6-22)13-14-26-15-17-28(18-16-26)21(3)4/h20-24H,5-19H2,1-4H3. The molecule has 0 unspecified atom stereocenters. The molecule has 0 spiro atoms. The molecule has 0 aromatic heterocycles. The molecule has 5 nitrogen and oxygen atoms in total. The maximum atomic E-state index is 3.72. The first-order valence-electron chi connectivity index (χ1n) is 12.2. The molecule has 0 atom stereocenters. The first kappa shape index (κ1) is 22.5. The van der Waals surface area contributed by atoms with Crippen LogP contribution in [0.25, 0.3) is 0 Å². The van der Waals surface area contributed by atoms with Crippen molar-refractivity contribution in [3.8, 4) is 0 Å². The van der Waals surface area contributed by atoms with Crippen molar-refractivity contribution < 1.29 is 0 Å². The van der Waals surface area contributed by atoms with Crippen LogP contribution in [0.5, 0.6) is 0 Å². The quantitative estimate of drug-likeness (QED) is 0.682. The highest BCUT2D eigenvalue weighted by atomic mass is 15.3. The average Bonchev–Trinajstić information content (AvgIpc) is 2.69. The summed E-state index contributed by atoms with van der Waals surface area (Å²) in [6.07, 6.45) is 5.48. The third kappa shape index (κ3) is 7.24. The first-order valence-corrected chi connectivity index (χ1v) is 12.2. The summed E-state index contributed by atoms with van der Waals surface area (Å²) in [5.41, 5.74) is 0. The molecule has 164 valence electrons. The van der Waals surface area contributed by atoms with Crippen molar-refractivity contribution >= 4 is 0 Å². The Hall–Kier alpha value is -0.200. The molecule has 0 aliphatic carbocycles. The SMILES string of the molecule is CC(C)NC1CCN(CC2CCN(CCN3CCN(C(C)C)CC3)CC2)CC1. The van der Waals surface area contributed by atoms with Gasteiger partial charge in [0.05, 0.1) is 0 Å². The predicted octanol–water partition coefficient (Wildman–Crippen LogP) is 2.19. The Bertz CT molecular complexity index is 417. The minimum atomic E-state index is 0.625. The van der Waals surface area contributed by atoms with Gasteiger partial charge in [0.25, 0.3) is 0 Å². The molecular formula is C23H47N5. The van der Waals surface area contributed by atoms with Crippen LogP contribution < -0.4 is 5.32 Å². The molecule has 5 heteroatoms. The van der Waals surface area contributed by atoms with Crippen molar-refractivity contribution in [1.82, 2.24) is 24.9 Å². The normalized spacial score (nSPS) is 25.9. The van der Waals surface area contributed by atoms with Crippen LogP contribution in [-0.2, 0) is 0 Å². The highest BCUT2D eigenvalue weighted by Gasteiger charge is 2.25. The van der Waals surface area contributed by atoms with E-state index >= 15 is 0 Å². The van der Waals surface area contributed by atoms with Crippen molar-refractivity contribution in [1.29, 1.82) is 0 Å². The number of piperidine rings is 2. The van der Waals surface area contributed by atoms with Crippen LogP contribution in [0.3, 0.4) is 0 Å². The van der Waals surface area contributed by atoms with E-state index in [1.165, 1.54) is 97.7 Å². The summed E-state index contributed by atoms with van der Waals surface area (Å²) in [6.45, 7) is 23.3. The Kier molecular flexibility index (Phi) is 9.04. The van der Waals surface area contributed by atoms with Gasteiger partial charge in [0.1, 0.15) is 0 Å². The summed E-state index contributed by atoms with van der Waals surface area (Å²) in [5.74, 6) is 0.931. The minimum Gasteiger partial charge on any atom is -0.312 e. The fourth-order valence-corrected chi connectivity index (χ4v) is 5.30. The van der Waals surface area contributed by atoms with Gasteiger partial charge in [0.2, 0.25) is 0 Å². The summed E-state index contributed by atoms with van der Waals surface area (Å²) >= 11 is 0. The van der Waals surface area contributed by atoms with Gasteiger partial charge >= 0.3 is 0 Å². The molecule has 1 N–H and O–H groups in total. The minimum absolute atomic E-state index is 0.625. The molecule has 0 aromatic rings. The van der Waals surface area contributed by atoms with E-state index in [1.54, 1.807) is 0 Å². The third-order valence-corrected chi connectivity index (χ3v) is 7.25. The summed E-state index contributed by atoms with van der Waals surface area (Å²) in [5, 5.41) is 3.72. The van der Waals surface area contributed by atoms with E-state index in [-0.39, 0.29) is 0 Å². The van der Waals surface area contributed by atoms with Crippen LogP contribution in [0.4, 0.5) is 0 Å². The molecule has 3 saturated heterocycles. The second-order valence-electron chi connectivity index (χ2n) is 10.2. The maximum Gasteiger partial charge on any atom is 0.0113 e. The smallest absolute Gasteiger partial charge is 0.0113 e. The average molecular weight is 394 g/mol. The first-order chi connectivity index (χ1) is 13.5. The lowest BCUT2D eigenvalue weighted by Crippen LogP contribution is -2.51. The zero-order chi connectivity index (χ0) is 19.9. The zero-order valence-corrected chi connectivity index (χ0v) is 19.2. The molecule has 0 amide bonds. The van der Waals surface area contributed by atoms with E-state index in [0.717, 1.165) is 12.0 Å². The van der Waals surface area contributed by atoms with Crippen LogP contribution in [0.2, 0.25) is 0 Å². The van der Waals surface area contributed by atoms with E-state index in [0.29, 0.717) is 12.1 Å². The molecule has 3 aliphatic rings. The Labute approximate surface area is 174 Å². The lowest BCUT2D eigenvalue weighted by molar-refractivity contribution is 0.0855. The Balaban J connectivity index is 1.25. The van der Waals surface area contributed by atoms with Crippen molar-refractivity contribution in [3.63, 3.8) is 0 Å².